The minimum atomic E-state index is -4.56. The highest BCUT2D eigenvalue weighted by molar-refractivity contribution is 8.14. The van der Waals surface area contributed by atoms with Crippen molar-refractivity contribution in [3.05, 3.63) is 22.2 Å². The topological polar surface area (TPSA) is 124 Å². The molecule has 0 radical (unpaired) electrons. The van der Waals surface area contributed by atoms with Crippen LogP contribution < -0.4 is 0 Å². The summed E-state index contributed by atoms with van der Waals surface area (Å²) in [5.74, 6) is 0. The quantitative estimate of drug-likeness (QED) is 0.459. The van der Waals surface area contributed by atoms with Crippen LogP contribution in [-0.4, -0.2) is 26.7 Å². The van der Waals surface area contributed by atoms with Crippen LogP contribution in [0.5, 0.6) is 0 Å². The van der Waals surface area contributed by atoms with E-state index in [1.807, 2.05) is 0 Å². The number of nitrogens with zero attached hydrogens (tertiary/aromatic N) is 2. The molecule has 0 N–H and O–H groups in total. The van der Waals surface area contributed by atoms with Gasteiger partial charge in [0.1, 0.15) is 0 Å². The second-order valence-corrected chi connectivity index (χ2v) is 7.60. The molecule has 0 aliphatic rings. The predicted molar refractivity (Wildman–Crippen MR) is 57.0 cm³/mol. The molecule has 12 heteroatoms. The van der Waals surface area contributed by atoms with Crippen LogP contribution in [0.4, 0.5) is 5.69 Å². The van der Waals surface area contributed by atoms with Crippen molar-refractivity contribution in [2.75, 3.05) is 0 Å². The average molecular weight is 321 g/mol. The van der Waals surface area contributed by atoms with E-state index in [4.69, 9.17) is 21.4 Å². The molecule has 0 fully saturated rings. The van der Waals surface area contributed by atoms with Gasteiger partial charge in [-0.25, -0.2) is 21.8 Å². The third kappa shape index (κ3) is 3.25. The first-order valence-electron chi connectivity index (χ1n) is 3.58. The van der Waals surface area contributed by atoms with Gasteiger partial charge >= 0.3 is 5.69 Å². The zero-order valence-corrected chi connectivity index (χ0v) is 10.7. The minimum Gasteiger partial charge on any atom is -0.258 e. The first kappa shape index (κ1) is 14.1. The summed E-state index contributed by atoms with van der Waals surface area (Å²) in [5, 5.41) is 8.47. The highest BCUT2D eigenvalue weighted by Crippen LogP contribution is 2.27. The van der Waals surface area contributed by atoms with E-state index in [2.05, 4.69) is 4.98 Å². The van der Waals surface area contributed by atoms with Crippen LogP contribution in [0.25, 0.3) is 0 Å². The monoisotopic (exact) mass is 320 g/mol. The van der Waals surface area contributed by atoms with Gasteiger partial charge in [-0.1, -0.05) is 0 Å². The van der Waals surface area contributed by atoms with Crippen molar-refractivity contribution in [2.45, 2.75) is 10.1 Å². The van der Waals surface area contributed by atoms with Gasteiger partial charge in [-0.2, -0.15) is 0 Å². The van der Waals surface area contributed by atoms with E-state index in [1.54, 1.807) is 0 Å². The minimum absolute atomic E-state index is 0.636. The lowest BCUT2D eigenvalue weighted by Gasteiger charge is -2.00. The third-order valence-electron chi connectivity index (χ3n) is 1.49. The molecule has 1 aromatic rings. The molecule has 0 aliphatic carbocycles. The number of pyridine rings is 1. The first-order valence-corrected chi connectivity index (χ1v) is 8.20. The van der Waals surface area contributed by atoms with Crippen LogP contribution in [0.2, 0.25) is 0 Å². The molecule has 94 valence electrons. The van der Waals surface area contributed by atoms with E-state index < -0.39 is 38.8 Å². The standard InChI is InChI=1S/C5H2Cl2N2O6S2/c6-16(12,13)4-2-1-3(9(10)11)5(8-4)17(7,14)15/h1-2H. The molecule has 0 saturated carbocycles. The largest absolute Gasteiger partial charge is 0.307 e. The molecule has 0 amide bonds. The number of hydrogen-bond acceptors (Lipinski definition) is 7. The maximum Gasteiger partial charge on any atom is 0.307 e. The molecule has 0 unspecified atom stereocenters. The molecule has 17 heavy (non-hydrogen) atoms. The van der Waals surface area contributed by atoms with Crippen LogP contribution in [0.15, 0.2) is 22.2 Å². The van der Waals surface area contributed by atoms with Crippen molar-refractivity contribution >= 4 is 45.2 Å². The Balaban J connectivity index is 3.69. The number of rotatable bonds is 3. The Morgan fingerprint density at radius 2 is 1.65 bits per heavy atom. The SMILES string of the molecule is O=[N+]([O-])c1ccc(S(=O)(=O)Cl)nc1S(=O)(=O)Cl. The summed E-state index contributed by atoms with van der Waals surface area (Å²) in [7, 11) is 0.934. The Labute approximate surface area is 104 Å². The number of halogens is 2. The van der Waals surface area contributed by atoms with Crippen LogP contribution in [0.1, 0.15) is 0 Å². The highest BCUT2D eigenvalue weighted by Gasteiger charge is 2.28. The summed E-state index contributed by atoms with van der Waals surface area (Å²) >= 11 is 0. The summed E-state index contributed by atoms with van der Waals surface area (Å²) in [6, 6.07) is 1.34. The maximum atomic E-state index is 11.0. The van der Waals surface area contributed by atoms with Crippen molar-refractivity contribution < 1.29 is 21.8 Å². The summed E-state index contributed by atoms with van der Waals surface area (Å²) in [6.07, 6.45) is 0. The predicted octanol–water partition coefficient (Wildman–Crippen LogP) is 0.845. The second kappa shape index (κ2) is 4.37. The highest BCUT2D eigenvalue weighted by atomic mass is 35.7. The van der Waals surface area contributed by atoms with Crippen LogP contribution in [0, 0.1) is 10.1 Å². The van der Waals surface area contributed by atoms with Crippen molar-refractivity contribution in [1.82, 2.24) is 4.98 Å². The first-order chi connectivity index (χ1) is 7.53. The molecular weight excluding hydrogens is 319 g/mol. The van der Waals surface area contributed by atoms with Crippen molar-refractivity contribution in [2.24, 2.45) is 0 Å². The van der Waals surface area contributed by atoms with Gasteiger partial charge in [0, 0.05) is 27.4 Å². The van der Waals surface area contributed by atoms with Crippen LogP contribution in [-0.2, 0) is 18.1 Å². The number of hydrogen-bond donors (Lipinski definition) is 0. The van der Waals surface area contributed by atoms with Gasteiger partial charge in [0.25, 0.3) is 18.1 Å². The molecule has 8 nitrogen and oxygen atoms in total. The summed E-state index contributed by atoms with van der Waals surface area (Å²) < 4.78 is 43.8. The van der Waals surface area contributed by atoms with E-state index in [0.29, 0.717) is 12.1 Å². The lowest BCUT2D eigenvalue weighted by Crippen LogP contribution is -2.05. The van der Waals surface area contributed by atoms with E-state index in [-0.39, 0.29) is 0 Å². The Morgan fingerprint density at radius 3 is 2.00 bits per heavy atom. The van der Waals surface area contributed by atoms with Gasteiger partial charge < -0.3 is 0 Å². The Morgan fingerprint density at radius 1 is 1.12 bits per heavy atom. The molecule has 0 aromatic carbocycles. The van der Waals surface area contributed by atoms with Gasteiger partial charge in [-0.15, -0.1) is 0 Å². The molecule has 1 heterocycles. The molecular formula is C5H2Cl2N2O6S2. The zero-order valence-electron chi connectivity index (χ0n) is 7.57. The van der Waals surface area contributed by atoms with Gasteiger partial charge in [0.2, 0.25) is 5.03 Å². The average Bonchev–Trinajstić information content (AvgIpc) is 2.14. The summed E-state index contributed by atoms with van der Waals surface area (Å²) in [6.45, 7) is 0. The molecule has 0 atom stereocenters. The number of nitro groups is 1. The van der Waals surface area contributed by atoms with E-state index >= 15 is 0 Å². The lowest BCUT2D eigenvalue weighted by molar-refractivity contribution is -0.388. The third-order valence-corrected chi connectivity index (χ3v) is 3.89. The molecule has 0 bridgehead atoms. The molecule has 0 aliphatic heterocycles. The summed E-state index contributed by atoms with van der Waals surface area (Å²) in [5.41, 5.74) is -0.941. The Kier molecular flexibility index (Phi) is 3.62. The molecule has 0 spiro atoms. The molecule has 1 rings (SSSR count). The zero-order chi connectivity index (χ0) is 13.4. The fourth-order valence-electron chi connectivity index (χ4n) is 0.870. The van der Waals surface area contributed by atoms with Crippen LogP contribution in [0.3, 0.4) is 0 Å². The molecule has 0 saturated heterocycles. The van der Waals surface area contributed by atoms with E-state index in [0.717, 1.165) is 0 Å². The van der Waals surface area contributed by atoms with Crippen molar-refractivity contribution in [3.8, 4) is 0 Å². The maximum absolute atomic E-state index is 11.0. The van der Waals surface area contributed by atoms with Crippen molar-refractivity contribution in [3.63, 3.8) is 0 Å². The van der Waals surface area contributed by atoms with E-state index in [1.165, 1.54) is 0 Å². The summed E-state index contributed by atoms with van der Waals surface area (Å²) in [4.78, 5) is 12.5. The fourth-order valence-corrected chi connectivity index (χ4v) is 2.56. The van der Waals surface area contributed by atoms with Crippen molar-refractivity contribution in [1.29, 1.82) is 0 Å². The number of aromatic nitrogens is 1. The van der Waals surface area contributed by atoms with Crippen LogP contribution >= 0.6 is 21.4 Å². The smallest absolute Gasteiger partial charge is 0.258 e. The van der Waals surface area contributed by atoms with Gasteiger partial charge in [-0.05, 0) is 6.07 Å². The Bertz CT molecular complexity index is 682. The Hall–Kier alpha value is -0.970. The van der Waals surface area contributed by atoms with E-state index in [9.17, 15) is 26.9 Å². The van der Waals surface area contributed by atoms with Gasteiger partial charge in [0.05, 0.1) is 4.92 Å². The lowest BCUT2D eigenvalue weighted by atomic mass is 10.4. The normalized spacial score (nSPS) is 12.4. The second-order valence-electron chi connectivity index (χ2n) is 2.61. The van der Waals surface area contributed by atoms with Gasteiger partial charge in [-0.3, -0.25) is 10.1 Å². The van der Waals surface area contributed by atoms with Gasteiger partial charge in [0.15, 0.2) is 5.03 Å². The fraction of sp³-hybridized carbons (Fsp3) is 0. The molecule has 1 aromatic heterocycles.